The molecule has 0 fully saturated rings. The van der Waals surface area contributed by atoms with E-state index in [1.54, 1.807) is 0 Å². The Labute approximate surface area is 59.3 Å². The molecule has 0 saturated heterocycles. The maximum Gasteiger partial charge on any atom is 0.236 e. The van der Waals surface area contributed by atoms with Crippen molar-refractivity contribution in [3.05, 3.63) is 21.9 Å². The van der Waals surface area contributed by atoms with Crippen LogP contribution in [0.1, 0.15) is 20.8 Å². The van der Waals surface area contributed by atoms with Crippen LogP contribution in [-0.4, -0.2) is 15.6 Å². The number of rotatable bonds is 2. The van der Waals surface area contributed by atoms with Crippen LogP contribution >= 0.6 is 0 Å². The first-order valence-corrected chi connectivity index (χ1v) is 2.89. The average molecular weight is 145 g/mol. The zero-order valence-corrected chi connectivity index (χ0v) is 6.29. The van der Waals surface area contributed by atoms with E-state index in [2.05, 4.69) is 0 Å². The molecule has 0 saturated carbocycles. The molecule has 0 atom stereocenters. The Bertz CT molecular complexity index is 166. The zero-order valence-electron chi connectivity index (χ0n) is 6.29. The molecular formula is C6H11NO3. The molecule has 58 valence electrons. The van der Waals surface area contributed by atoms with E-state index in [0.29, 0.717) is 5.57 Å². The molecule has 0 heterocycles. The van der Waals surface area contributed by atoms with Gasteiger partial charge in [-0.05, 0) is 20.8 Å². The summed E-state index contributed by atoms with van der Waals surface area (Å²) in [6, 6.07) is 0. The fourth-order valence-corrected chi connectivity index (χ4v) is 0.316. The van der Waals surface area contributed by atoms with Crippen LogP contribution in [0.2, 0.25) is 0 Å². The van der Waals surface area contributed by atoms with Crippen molar-refractivity contribution in [2.45, 2.75) is 26.4 Å². The Kier molecular flexibility index (Phi) is 2.54. The Morgan fingerprint density at radius 1 is 1.70 bits per heavy atom. The van der Waals surface area contributed by atoms with E-state index in [-0.39, 0.29) is 0 Å². The molecular weight excluding hydrogens is 134 g/mol. The van der Waals surface area contributed by atoms with Crippen LogP contribution < -0.4 is 0 Å². The van der Waals surface area contributed by atoms with Crippen molar-refractivity contribution in [1.29, 1.82) is 0 Å². The molecule has 0 aromatic carbocycles. The molecule has 10 heavy (non-hydrogen) atoms. The predicted octanol–water partition coefficient (Wildman–Crippen LogP) is 0.938. The molecule has 4 heteroatoms. The van der Waals surface area contributed by atoms with E-state index in [9.17, 15) is 10.1 Å². The molecule has 0 unspecified atom stereocenters. The molecule has 0 radical (unpaired) electrons. The lowest BCUT2D eigenvalue weighted by molar-refractivity contribution is -0.404. The molecule has 4 nitrogen and oxygen atoms in total. The van der Waals surface area contributed by atoms with Gasteiger partial charge in [-0.25, -0.2) is 0 Å². The van der Waals surface area contributed by atoms with E-state index < -0.39 is 10.5 Å². The minimum Gasteiger partial charge on any atom is -0.386 e. The fraction of sp³-hybridized carbons (Fsp3) is 0.667. The van der Waals surface area contributed by atoms with Crippen molar-refractivity contribution in [3.63, 3.8) is 0 Å². The van der Waals surface area contributed by atoms with Gasteiger partial charge in [-0.2, -0.15) is 0 Å². The summed E-state index contributed by atoms with van der Waals surface area (Å²) in [6.45, 7) is 4.52. The smallest absolute Gasteiger partial charge is 0.236 e. The number of hydrogen-bond donors (Lipinski definition) is 1. The van der Waals surface area contributed by atoms with Gasteiger partial charge in [0.05, 0.1) is 10.5 Å². The van der Waals surface area contributed by atoms with E-state index >= 15 is 0 Å². The topological polar surface area (TPSA) is 63.4 Å². The standard InChI is InChI=1S/C6H11NO3/c1-5(4-7(9)10)6(2,3)8/h4,8H,1-3H3. The molecule has 0 bridgehead atoms. The first-order valence-electron chi connectivity index (χ1n) is 2.89. The van der Waals surface area contributed by atoms with E-state index in [1.807, 2.05) is 0 Å². The van der Waals surface area contributed by atoms with Crippen LogP contribution in [0.25, 0.3) is 0 Å². The van der Waals surface area contributed by atoms with E-state index in [1.165, 1.54) is 20.8 Å². The van der Waals surface area contributed by atoms with Gasteiger partial charge in [-0.3, -0.25) is 10.1 Å². The third-order valence-electron chi connectivity index (χ3n) is 1.26. The third kappa shape index (κ3) is 3.19. The van der Waals surface area contributed by atoms with Gasteiger partial charge in [0.1, 0.15) is 0 Å². The van der Waals surface area contributed by atoms with Crippen LogP contribution in [0, 0.1) is 10.1 Å². The summed E-state index contributed by atoms with van der Waals surface area (Å²) in [4.78, 5) is 9.30. The highest BCUT2D eigenvalue weighted by atomic mass is 16.6. The average Bonchev–Trinajstić information content (AvgIpc) is 1.60. The van der Waals surface area contributed by atoms with Gasteiger partial charge in [0.2, 0.25) is 6.20 Å². The van der Waals surface area contributed by atoms with Gasteiger partial charge in [0, 0.05) is 5.57 Å². The van der Waals surface area contributed by atoms with E-state index in [4.69, 9.17) is 5.11 Å². The number of nitrogens with zero attached hydrogens (tertiary/aromatic N) is 1. The highest BCUT2D eigenvalue weighted by Crippen LogP contribution is 2.13. The second-order valence-electron chi connectivity index (χ2n) is 2.66. The summed E-state index contributed by atoms with van der Waals surface area (Å²) in [7, 11) is 0. The second-order valence-corrected chi connectivity index (χ2v) is 2.66. The molecule has 1 N–H and O–H groups in total. The van der Waals surface area contributed by atoms with Gasteiger partial charge in [0.25, 0.3) is 0 Å². The second kappa shape index (κ2) is 2.79. The van der Waals surface area contributed by atoms with Crippen molar-refractivity contribution in [1.82, 2.24) is 0 Å². The Morgan fingerprint density at radius 3 is 2.20 bits per heavy atom. The molecule has 0 aromatic rings. The van der Waals surface area contributed by atoms with Crippen LogP contribution in [0.5, 0.6) is 0 Å². The van der Waals surface area contributed by atoms with Gasteiger partial charge in [0.15, 0.2) is 0 Å². The molecule has 0 aliphatic heterocycles. The molecule has 0 aromatic heterocycles. The summed E-state index contributed by atoms with van der Waals surface area (Å²) in [6.07, 6.45) is 0.806. The first kappa shape index (κ1) is 9.10. The summed E-state index contributed by atoms with van der Waals surface area (Å²) < 4.78 is 0. The van der Waals surface area contributed by atoms with Crippen molar-refractivity contribution < 1.29 is 10.0 Å². The van der Waals surface area contributed by atoms with Crippen LogP contribution in [-0.2, 0) is 0 Å². The summed E-state index contributed by atoms with van der Waals surface area (Å²) >= 11 is 0. The van der Waals surface area contributed by atoms with Gasteiger partial charge in [-0.15, -0.1) is 0 Å². The number of hydrogen-bond acceptors (Lipinski definition) is 3. The quantitative estimate of drug-likeness (QED) is 0.464. The largest absolute Gasteiger partial charge is 0.386 e. The lowest BCUT2D eigenvalue weighted by Crippen LogP contribution is -2.20. The number of aliphatic hydroxyl groups is 1. The van der Waals surface area contributed by atoms with Crippen LogP contribution in [0.4, 0.5) is 0 Å². The van der Waals surface area contributed by atoms with Crippen molar-refractivity contribution in [2.24, 2.45) is 0 Å². The van der Waals surface area contributed by atoms with Crippen molar-refractivity contribution >= 4 is 0 Å². The first-order chi connectivity index (χ1) is 4.34. The molecule has 0 aliphatic rings. The Morgan fingerprint density at radius 2 is 2.10 bits per heavy atom. The van der Waals surface area contributed by atoms with E-state index in [0.717, 1.165) is 6.20 Å². The lowest BCUT2D eigenvalue weighted by Gasteiger charge is -2.14. The zero-order chi connectivity index (χ0) is 8.36. The van der Waals surface area contributed by atoms with Crippen molar-refractivity contribution in [2.75, 3.05) is 0 Å². The highest BCUT2D eigenvalue weighted by Gasteiger charge is 2.17. The SMILES string of the molecule is CC(=C[N+](=O)[O-])C(C)(C)O. The summed E-state index contributed by atoms with van der Waals surface area (Å²) in [5.41, 5.74) is -0.745. The minimum absolute atomic E-state index is 0.345. The Hall–Kier alpha value is -0.900. The minimum atomic E-state index is -1.09. The normalized spacial score (nSPS) is 13.4. The fourth-order valence-electron chi connectivity index (χ4n) is 0.316. The van der Waals surface area contributed by atoms with Crippen LogP contribution in [0.15, 0.2) is 11.8 Å². The maximum atomic E-state index is 9.87. The molecule has 0 spiro atoms. The van der Waals surface area contributed by atoms with Crippen molar-refractivity contribution in [3.8, 4) is 0 Å². The Balaban J connectivity index is 4.35. The lowest BCUT2D eigenvalue weighted by atomic mass is 10.0. The van der Waals surface area contributed by atoms with Gasteiger partial charge in [-0.1, -0.05) is 0 Å². The van der Waals surface area contributed by atoms with Gasteiger partial charge < -0.3 is 5.11 Å². The predicted molar refractivity (Wildman–Crippen MR) is 37.0 cm³/mol. The third-order valence-corrected chi connectivity index (χ3v) is 1.26. The van der Waals surface area contributed by atoms with Gasteiger partial charge >= 0.3 is 0 Å². The molecule has 0 amide bonds. The van der Waals surface area contributed by atoms with Crippen LogP contribution in [0.3, 0.4) is 0 Å². The molecule has 0 rings (SSSR count). The number of nitro groups is 1. The highest BCUT2D eigenvalue weighted by molar-refractivity contribution is 5.06. The monoisotopic (exact) mass is 145 g/mol. The maximum absolute atomic E-state index is 9.87. The summed E-state index contributed by atoms with van der Waals surface area (Å²) in [5, 5.41) is 19.0. The summed E-state index contributed by atoms with van der Waals surface area (Å²) in [5.74, 6) is 0. The molecule has 0 aliphatic carbocycles.